The summed E-state index contributed by atoms with van der Waals surface area (Å²) in [7, 11) is 0. The van der Waals surface area contributed by atoms with Crippen LogP contribution in [0.15, 0.2) is 60.8 Å². The third-order valence-electron chi connectivity index (χ3n) is 4.68. The van der Waals surface area contributed by atoms with Crippen LogP contribution in [0.2, 0.25) is 0 Å². The number of nitrogens with two attached hydrogens (primary N) is 2. The van der Waals surface area contributed by atoms with Gasteiger partial charge in [0.25, 0.3) is 5.91 Å². The van der Waals surface area contributed by atoms with Gasteiger partial charge in [0, 0.05) is 11.8 Å². The quantitative estimate of drug-likeness (QED) is 0.495. The monoisotopic (exact) mass is 416 g/mol. The fourth-order valence-electron chi connectivity index (χ4n) is 3.32. The number of pyridine rings is 1. The van der Waals surface area contributed by atoms with Crippen LogP contribution in [0.5, 0.6) is 11.5 Å². The average Bonchev–Trinajstić information content (AvgIpc) is 3.16. The van der Waals surface area contributed by atoms with Crippen LogP contribution in [-0.2, 0) is 6.42 Å². The Kier molecular flexibility index (Phi) is 5.36. The first kappa shape index (κ1) is 20.1. The lowest BCUT2D eigenvalue weighted by atomic mass is 10.0. The van der Waals surface area contributed by atoms with Gasteiger partial charge in [0.2, 0.25) is 0 Å². The first-order valence-corrected chi connectivity index (χ1v) is 9.56. The van der Waals surface area contributed by atoms with Gasteiger partial charge >= 0.3 is 0 Å². The maximum Gasteiger partial charge on any atom is 0.252 e. The number of carbonyl (C=O) groups excluding carboxylic acids is 1. The summed E-state index contributed by atoms with van der Waals surface area (Å²) < 4.78 is 22.0. The van der Waals surface area contributed by atoms with Gasteiger partial charge in [0.15, 0.2) is 11.6 Å². The standard InChI is InChI=1S/C23H19FN5O2/c1-2-18-21(23(26)30)22(28-29(18)15-6-4-3-5-7-15)14-8-9-19(17(24)12-14)31-16-10-11-27-20(25)13-16/h3-12H,2H2,1H3,(H2,25,27)(H2,26,30). The number of amides is 1. The van der Waals surface area contributed by atoms with Gasteiger partial charge in [-0.1, -0.05) is 25.1 Å². The number of hydrogen-bond acceptors (Lipinski definition) is 5. The van der Waals surface area contributed by atoms with Crippen molar-refractivity contribution in [2.45, 2.75) is 13.3 Å². The number of halogens is 1. The lowest BCUT2D eigenvalue weighted by Crippen LogP contribution is -2.14. The van der Waals surface area contributed by atoms with E-state index >= 15 is 0 Å². The van der Waals surface area contributed by atoms with E-state index in [0.717, 1.165) is 5.69 Å². The molecule has 31 heavy (non-hydrogen) atoms. The van der Waals surface area contributed by atoms with Crippen LogP contribution in [0.1, 0.15) is 23.0 Å². The van der Waals surface area contributed by atoms with E-state index in [9.17, 15) is 9.18 Å². The maximum atomic E-state index is 14.8. The van der Waals surface area contributed by atoms with Crippen LogP contribution >= 0.6 is 0 Å². The molecule has 0 aliphatic rings. The summed E-state index contributed by atoms with van der Waals surface area (Å²) in [4.78, 5) is 16.1. The minimum absolute atomic E-state index is 0.0237. The number of nitrogens with zero attached hydrogens (tertiary/aromatic N) is 3. The normalized spacial score (nSPS) is 10.8. The van der Waals surface area contributed by atoms with Gasteiger partial charge in [0.1, 0.15) is 17.3 Å². The van der Waals surface area contributed by atoms with E-state index < -0.39 is 11.7 Å². The molecule has 0 saturated carbocycles. The van der Waals surface area contributed by atoms with Crippen molar-refractivity contribution in [2.24, 2.45) is 5.73 Å². The van der Waals surface area contributed by atoms with Gasteiger partial charge in [-0.25, -0.2) is 14.1 Å². The van der Waals surface area contributed by atoms with Crippen molar-refractivity contribution < 1.29 is 13.9 Å². The molecule has 2 heterocycles. The molecule has 0 atom stereocenters. The highest BCUT2D eigenvalue weighted by Crippen LogP contribution is 2.32. The highest BCUT2D eigenvalue weighted by molar-refractivity contribution is 6.00. The van der Waals surface area contributed by atoms with Crippen LogP contribution in [0.4, 0.5) is 10.2 Å². The summed E-state index contributed by atoms with van der Waals surface area (Å²) in [5.41, 5.74) is 13.6. The number of para-hydroxylation sites is 1. The Morgan fingerprint density at radius 2 is 1.97 bits per heavy atom. The predicted octanol–water partition coefficient (Wildman–Crippen LogP) is 3.91. The molecule has 2 aromatic heterocycles. The number of nitrogen functional groups attached to an aromatic ring is 1. The van der Waals surface area contributed by atoms with Crippen LogP contribution in [0, 0.1) is 11.9 Å². The summed E-state index contributed by atoms with van der Waals surface area (Å²) in [6.07, 6.45) is 1.96. The largest absolute Gasteiger partial charge is 0.453 e. The Labute approximate surface area is 178 Å². The molecule has 0 bridgehead atoms. The number of carbonyl (C=O) groups is 1. The second-order valence-corrected chi connectivity index (χ2v) is 6.70. The van der Waals surface area contributed by atoms with Crippen LogP contribution < -0.4 is 16.2 Å². The Bertz CT molecular complexity index is 1250. The highest BCUT2D eigenvalue weighted by atomic mass is 19.1. The second kappa shape index (κ2) is 8.27. The van der Waals surface area contributed by atoms with Crippen molar-refractivity contribution in [3.8, 4) is 28.4 Å². The Hall–Kier alpha value is -4.20. The number of ether oxygens (including phenoxy) is 1. The van der Waals surface area contributed by atoms with Gasteiger partial charge in [-0.15, -0.1) is 0 Å². The fraction of sp³-hybridized carbons (Fsp3) is 0.0870. The molecular weight excluding hydrogens is 397 g/mol. The van der Waals surface area contributed by atoms with Crippen molar-refractivity contribution in [2.75, 3.05) is 5.73 Å². The molecular formula is C23H19FN5O2. The maximum absolute atomic E-state index is 14.8. The summed E-state index contributed by atoms with van der Waals surface area (Å²) in [5, 5.41) is 4.59. The zero-order valence-corrected chi connectivity index (χ0v) is 16.7. The minimum atomic E-state index is -0.635. The van der Waals surface area contributed by atoms with Crippen molar-refractivity contribution in [1.29, 1.82) is 0 Å². The molecule has 0 saturated heterocycles. The van der Waals surface area contributed by atoms with E-state index in [0.29, 0.717) is 23.4 Å². The number of hydrogen-bond donors (Lipinski definition) is 2. The van der Waals surface area contributed by atoms with Crippen molar-refractivity contribution in [3.05, 3.63) is 83.9 Å². The predicted molar refractivity (Wildman–Crippen MR) is 114 cm³/mol. The Morgan fingerprint density at radius 1 is 1.19 bits per heavy atom. The van der Waals surface area contributed by atoms with Gasteiger partial charge in [-0.05, 0) is 42.8 Å². The highest BCUT2D eigenvalue weighted by Gasteiger charge is 2.23. The molecule has 0 spiro atoms. The first-order chi connectivity index (χ1) is 15.0. The third kappa shape index (κ3) is 3.95. The zero-order valence-electron chi connectivity index (χ0n) is 16.7. The smallest absolute Gasteiger partial charge is 0.252 e. The van der Waals surface area contributed by atoms with E-state index in [1.54, 1.807) is 10.7 Å². The van der Waals surface area contributed by atoms with Gasteiger partial charge in [0.05, 0.1) is 23.0 Å². The topological polar surface area (TPSA) is 109 Å². The van der Waals surface area contributed by atoms with Crippen LogP contribution in [-0.4, -0.2) is 20.7 Å². The van der Waals surface area contributed by atoms with E-state index in [4.69, 9.17) is 16.2 Å². The summed E-state index contributed by atoms with van der Waals surface area (Å²) in [6, 6.07) is 17.9. The van der Waals surface area contributed by atoms with E-state index in [1.165, 1.54) is 24.4 Å². The lowest BCUT2D eigenvalue weighted by Gasteiger charge is -2.08. The number of rotatable bonds is 6. The molecule has 4 rings (SSSR count). The molecule has 1 radical (unpaired) electrons. The number of benzene rings is 2. The van der Waals surface area contributed by atoms with Crippen LogP contribution in [0.3, 0.4) is 0 Å². The van der Waals surface area contributed by atoms with E-state index in [1.807, 2.05) is 37.3 Å². The molecule has 0 unspecified atom stereocenters. The second-order valence-electron chi connectivity index (χ2n) is 6.70. The number of aromatic nitrogens is 3. The Balaban J connectivity index is 1.78. The molecule has 4 N–H and O–H groups in total. The average molecular weight is 416 g/mol. The summed E-state index contributed by atoms with van der Waals surface area (Å²) in [6.45, 7) is 1.90. The van der Waals surface area contributed by atoms with Gasteiger partial charge < -0.3 is 16.2 Å². The molecule has 7 nitrogen and oxygen atoms in total. The van der Waals surface area contributed by atoms with E-state index in [2.05, 4.69) is 16.1 Å². The molecule has 1 amide bonds. The van der Waals surface area contributed by atoms with Crippen molar-refractivity contribution >= 4 is 11.7 Å². The fourth-order valence-corrected chi connectivity index (χ4v) is 3.32. The molecule has 2 aromatic carbocycles. The number of primary amides is 1. The van der Waals surface area contributed by atoms with Crippen molar-refractivity contribution in [3.63, 3.8) is 0 Å². The SMILES string of the molecule is CCc1c(C(N)=O)c(-c2ccc(Oc3[c]c(N)ncc3)c(F)c2)nn1-c1ccccc1. The molecule has 155 valence electrons. The van der Waals surface area contributed by atoms with Gasteiger partial charge in [-0.3, -0.25) is 4.79 Å². The van der Waals surface area contributed by atoms with Crippen LogP contribution in [0.25, 0.3) is 16.9 Å². The number of anilines is 1. The van der Waals surface area contributed by atoms with E-state index in [-0.39, 0.29) is 22.9 Å². The minimum Gasteiger partial charge on any atom is -0.453 e. The third-order valence-corrected chi connectivity index (χ3v) is 4.68. The Morgan fingerprint density at radius 3 is 2.61 bits per heavy atom. The van der Waals surface area contributed by atoms with Crippen molar-refractivity contribution in [1.82, 2.24) is 14.8 Å². The summed E-state index contributed by atoms with van der Waals surface area (Å²) in [5.74, 6) is -0.914. The lowest BCUT2D eigenvalue weighted by molar-refractivity contribution is 0.1000. The molecule has 0 aliphatic heterocycles. The molecule has 0 fully saturated rings. The zero-order chi connectivity index (χ0) is 22.0. The first-order valence-electron chi connectivity index (χ1n) is 9.56. The molecule has 0 aliphatic carbocycles. The summed E-state index contributed by atoms with van der Waals surface area (Å²) >= 11 is 0. The molecule has 4 aromatic rings. The molecule has 8 heteroatoms. The van der Waals surface area contributed by atoms with Gasteiger partial charge in [-0.2, -0.15) is 5.10 Å².